The second kappa shape index (κ2) is 6.66. The van der Waals surface area contributed by atoms with Gasteiger partial charge in [-0.25, -0.2) is 0 Å². The molecule has 1 aromatic heterocycles. The molecule has 0 fully saturated rings. The molecule has 0 saturated heterocycles. The Morgan fingerprint density at radius 2 is 1.81 bits per heavy atom. The molecule has 2 unspecified atom stereocenters. The molecule has 1 heterocycles. The molecular weight excluding hydrogens is 289 g/mol. The molecule has 21 heavy (non-hydrogen) atoms. The highest BCUT2D eigenvalue weighted by Gasteiger charge is 2.31. The van der Waals surface area contributed by atoms with E-state index in [-0.39, 0.29) is 12.3 Å². The zero-order valence-corrected chi connectivity index (χ0v) is 12.2. The first-order valence-corrected chi connectivity index (χ1v) is 8.49. The van der Waals surface area contributed by atoms with Crippen molar-refractivity contribution in [2.75, 3.05) is 6.16 Å². The third-order valence-corrected chi connectivity index (χ3v) is 4.88. The molecule has 0 amide bonds. The number of pyridine rings is 1. The maximum atomic E-state index is 12.3. The third-order valence-electron chi connectivity index (χ3n) is 3.08. The molecule has 2 aromatic rings. The molecule has 0 radical (unpaired) electrons. The zero-order valence-electron chi connectivity index (χ0n) is 11.3. The molecule has 5 nitrogen and oxygen atoms in total. The minimum Gasteiger partial charge on any atom is -0.481 e. The average molecular weight is 305 g/mol. The van der Waals surface area contributed by atoms with Gasteiger partial charge in [0.1, 0.15) is 5.92 Å². The van der Waals surface area contributed by atoms with Crippen LogP contribution in [0.3, 0.4) is 0 Å². The number of carboxylic acid groups (broad SMARTS) is 1. The van der Waals surface area contributed by atoms with E-state index in [1.807, 2.05) is 6.07 Å². The van der Waals surface area contributed by atoms with Crippen molar-refractivity contribution >= 4 is 13.3 Å². The first kappa shape index (κ1) is 15.4. The van der Waals surface area contributed by atoms with Crippen molar-refractivity contribution in [3.63, 3.8) is 0 Å². The SMILES string of the molecule is O=C(O)C(CP(=O)(O)Cc1ccccc1)c1ccccn1. The Balaban J connectivity index is 2.16. The molecule has 1 aromatic carbocycles. The Labute approximate surface area is 122 Å². The van der Waals surface area contributed by atoms with Gasteiger partial charge >= 0.3 is 5.97 Å². The van der Waals surface area contributed by atoms with Crippen LogP contribution in [0, 0.1) is 0 Å². The van der Waals surface area contributed by atoms with E-state index in [0.717, 1.165) is 0 Å². The minimum atomic E-state index is -3.61. The molecule has 0 spiro atoms. The molecule has 0 aliphatic heterocycles. The topological polar surface area (TPSA) is 87.5 Å². The smallest absolute Gasteiger partial charge is 0.313 e. The Morgan fingerprint density at radius 1 is 1.14 bits per heavy atom. The van der Waals surface area contributed by atoms with Gasteiger partial charge in [-0.1, -0.05) is 36.4 Å². The van der Waals surface area contributed by atoms with Gasteiger partial charge in [0.05, 0.1) is 5.69 Å². The van der Waals surface area contributed by atoms with E-state index in [2.05, 4.69) is 4.98 Å². The summed E-state index contributed by atoms with van der Waals surface area (Å²) in [5, 5.41) is 9.28. The van der Waals surface area contributed by atoms with Crippen LogP contribution in [0.2, 0.25) is 0 Å². The van der Waals surface area contributed by atoms with Crippen molar-refractivity contribution < 1.29 is 19.4 Å². The van der Waals surface area contributed by atoms with Crippen molar-refractivity contribution in [3.8, 4) is 0 Å². The number of nitrogens with zero attached hydrogens (tertiary/aromatic N) is 1. The Hall–Kier alpha value is -1.97. The van der Waals surface area contributed by atoms with E-state index in [9.17, 15) is 19.4 Å². The summed E-state index contributed by atoms with van der Waals surface area (Å²) in [6.45, 7) is 0. The lowest BCUT2D eigenvalue weighted by Crippen LogP contribution is -2.17. The van der Waals surface area contributed by atoms with Crippen LogP contribution in [0.25, 0.3) is 0 Å². The first-order chi connectivity index (χ1) is 9.98. The Kier molecular flexibility index (Phi) is 4.89. The molecule has 0 bridgehead atoms. The fourth-order valence-electron chi connectivity index (χ4n) is 2.10. The van der Waals surface area contributed by atoms with Crippen molar-refractivity contribution in [2.24, 2.45) is 0 Å². The summed E-state index contributed by atoms with van der Waals surface area (Å²) in [4.78, 5) is 25.4. The maximum absolute atomic E-state index is 12.3. The standard InChI is InChI=1S/C15H16NO4P/c17-15(18)13(14-8-4-5-9-16-14)11-21(19,20)10-12-6-2-1-3-7-12/h1-9,13H,10-11H2,(H,17,18)(H,19,20). The summed E-state index contributed by atoms with van der Waals surface area (Å²) in [6, 6.07) is 13.8. The van der Waals surface area contributed by atoms with Gasteiger partial charge in [0.2, 0.25) is 7.37 Å². The number of rotatable bonds is 6. The van der Waals surface area contributed by atoms with E-state index < -0.39 is 19.3 Å². The molecule has 0 saturated carbocycles. The molecule has 2 N–H and O–H groups in total. The van der Waals surface area contributed by atoms with Gasteiger partial charge in [-0.15, -0.1) is 0 Å². The molecule has 110 valence electrons. The highest BCUT2D eigenvalue weighted by Crippen LogP contribution is 2.47. The predicted octanol–water partition coefficient (Wildman–Crippen LogP) is 2.72. The highest BCUT2D eigenvalue weighted by atomic mass is 31.2. The van der Waals surface area contributed by atoms with E-state index in [1.165, 1.54) is 6.20 Å². The van der Waals surface area contributed by atoms with Gasteiger partial charge in [-0.3, -0.25) is 14.3 Å². The lowest BCUT2D eigenvalue weighted by molar-refractivity contribution is -0.138. The largest absolute Gasteiger partial charge is 0.481 e. The van der Waals surface area contributed by atoms with Gasteiger partial charge in [-0.05, 0) is 17.7 Å². The van der Waals surface area contributed by atoms with Gasteiger partial charge in [0, 0.05) is 18.5 Å². The van der Waals surface area contributed by atoms with Crippen molar-refractivity contribution in [1.29, 1.82) is 0 Å². The second-order valence-electron chi connectivity index (χ2n) is 4.82. The van der Waals surface area contributed by atoms with E-state index in [4.69, 9.17) is 0 Å². The average Bonchev–Trinajstić information content (AvgIpc) is 2.46. The molecule has 2 atom stereocenters. The number of benzene rings is 1. The number of carbonyl (C=O) groups is 1. The molecule has 2 rings (SSSR count). The summed E-state index contributed by atoms with van der Waals surface area (Å²) in [6.07, 6.45) is 1.11. The number of aliphatic carboxylic acids is 1. The highest BCUT2D eigenvalue weighted by molar-refractivity contribution is 7.57. The van der Waals surface area contributed by atoms with E-state index in [1.54, 1.807) is 42.5 Å². The fourth-order valence-corrected chi connectivity index (χ4v) is 3.92. The lowest BCUT2D eigenvalue weighted by atomic mass is 10.1. The Morgan fingerprint density at radius 3 is 2.38 bits per heavy atom. The fraction of sp³-hybridized carbons (Fsp3) is 0.200. The summed E-state index contributed by atoms with van der Waals surface area (Å²) >= 11 is 0. The second-order valence-corrected chi connectivity index (χ2v) is 7.19. The number of carboxylic acids is 1. The Bertz CT molecular complexity index is 645. The van der Waals surface area contributed by atoms with E-state index >= 15 is 0 Å². The number of aromatic nitrogens is 1. The summed E-state index contributed by atoms with van der Waals surface area (Å²) in [5.74, 6) is -2.22. The van der Waals surface area contributed by atoms with Gasteiger partial charge < -0.3 is 10.00 Å². The third kappa shape index (κ3) is 4.52. The maximum Gasteiger partial charge on any atom is 0.313 e. The van der Waals surface area contributed by atoms with Gasteiger partial charge in [0.25, 0.3) is 0 Å². The van der Waals surface area contributed by atoms with Gasteiger partial charge in [0.15, 0.2) is 0 Å². The van der Waals surface area contributed by atoms with Crippen LogP contribution in [0.15, 0.2) is 54.7 Å². The zero-order chi connectivity index (χ0) is 15.3. The van der Waals surface area contributed by atoms with Crippen molar-refractivity contribution in [1.82, 2.24) is 4.98 Å². The van der Waals surface area contributed by atoms with Crippen LogP contribution in [0.5, 0.6) is 0 Å². The monoisotopic (exact) mass is 305 g/mol. The van der Waals surface area contributed by atoms with Crippen LogP contribution in [0.1, 0.15) is 17.2 Å². The van der Waals surface area contributed by atoms with Gasteiger partial charge in [-0.2, -0.15) is 0 Å². The van der Waals surface area contributed by atoms with Crippen LogP contribution in [-0.4, -0.2) is 27.1 Å². The molecule has 0 aliphatic carbocycles. The van der Waals surface area contributed by atoms with Crippen LogP contribution in [-0.2, 0) is 15.5 Å². The first-order valence-electron chi connectivity index (χ1n) is 6.46. The van der Waals surface area contributed by atoms with Crippen LogP contribution in [0.4, 0.5) is 0 Å². The number of hydrogen-bond donors (Lipinski definition) is 2. The molecule has 0 aliphatic rings. The predicted molar refractivity (Wildman–Crippen MR) is 79.5 cm³/mol. The summed E-state index contributed by atoms with van der Waals surface area (Å²) in [5.41, 5.74) is 1.01. The van der Waals surface area contributed by atoms with Crippen LogP contribution < -0.4 is 0 Å². The molecular formula is C15H16NO4P. The normalized spacial score (nSPS) is 15.1. The van der Waals surface area contributed by atoms with Crippen molar-refractivity contribution in [2.45, 2.75) is 12.1 Å². The van der Waals surface area contributed by atoms with E-state index in [0.29, 0.717) is 11.3 Å². The number of hydrogen-bond acceptors (Lipinski definition) is 3. The molecule has 6 heteroatoms. The quantitative estimate of drug-likeness (QED) is 0.801. The van der Waals surface area contributed by atoms with Crippen molar-refractivity contribution in [3.05, 3.63) is 66.0 Å². The minimum absolute atomic E-state index is 0.0372. The summed E-state index contributed by atoms with van der Waals surface area (Å²) < 4.78 is 12.3. The summed E-state index contributed by atoms with van der Waals surface area (Å²) in [7, 11) is -3.61. The van der Waals surface area contributed by atoms with Crippen LogP contribution >= 0.6 is 7.37 Å². The lowest BCUT2D eigenvalue weighted by Gasteiger charge is -2.17.